The van der Waals surface area contributed by atoms with Crippen LogP contribution in [0.15, 0.2) is 29.4 Å². The number of aryl methyl sites for hydroxylation is 1. The zero-order valence-corrected chi connectivity index (χ0v) is 11.2. The average molecular weight is 262 g/mol. The van der Waals surface area contributed by atoms with Crippen LogP contribution in [0, 0.1) is 6.92 Å². The molecule has 2 rings (SSSR count). The highest BCUT2D eigenvalue weighted by Crippen LogP contribution is 2.22. The zero-order chi connectivity index (χ0) is 13.7. The maximum atomic E-state index is 11.7. The molecule has 0 aromatic heterocycles. The van der Waals surface area contributed by atoms with Gasteiger partial charge in [0.2, 0.25) is 5.91 Å². The van der Waals surface area contributed by atoms with Gasteiger partial charge < -0.3 is 9.47 Å². The minimum Gasteiger partial charge on any atom is -0.347 e. The monoisotopic (exact) mass is 262 g/mol. The fourth-order valence-electron chi connectivity index (χ4n) is 1.82. The summed E-state index contributed by atoms with van der Waals surface area (Å²) in [6.45, 7) is 4.82. The number of carbonyl (C=O) groups is 1. The van der Waals surface area contributed by atoms with Crippen LogP contribution < -0.4 is 5.43 Å². The van der Waals surface area contributed by atoms with Crippen molar-refractivity contribution < 1.29 is 14.3 Å². The van der Waals surface area contributed by atoms with Gasteiger partial charge >= 0.3 is 0 Å². The highest BCUT2D eigenvalue weighted by molar-refractivity contribution is 5.82. The topological polar surface area (TPSA) is 59.9 Å². The lowest BCUT2D eigenvalue weighted by Crippen LogP contribution is -2.33. The van der Waals surface area contributed by atoms with Crippen molar-refractivity contribution in [2.75, 3.05) is 13.2 Å². The maximum absolute atomic E-state index is 11.7. The fraction of sp³-hybridized carbons (Fsp3) is 0.429. The third kappa shape index (κ3) is 4.15. The Kier molecular flexibility index (Phi) is 4.29. The van der Waals surface area contributed by atoms with Gasteiger partial charge in [-0.3, -0.25) is 4.79 Å². The Hall–Kier alpha value is -1.72. The summed E-state index contributed by atoms with van der Waals surface area (Å²) in [6.07, 6.45) is 1.74. The second-order valence-electron chi connectivity index (χ2n) is 4.71. The molecule has 5 nitrogen and oxygen atoms in total. The second-order valence-corrected chi connectivity index (χ2v) is 4.71. The molecule has 1 N–H and O–H groups in total. The number of hydrazone groups is 1. The molecule has 0 unspecified atom stereocenters. The Morgan fingerprint density at radius 2 is 2.00 bits per heavy atom. The highest BCUT2D eigenvalue weighted by atomic mass is 16.7. The lowest BCUT2D eigenvalue weighted by Gasteiger charge is -2.20. The summed E-state index contributed by atoms with van der Waals surface area (Å²) in [4.78, 5) is 11.7. The highest BCUT2D eigenvalue weighted by Gasteiger charge is 2.33. The van der Waals surface area contributed by atoms with E-state index in [1.165, 1.54) is 5.56 Å². The van der Waals surface area contributed by atoms with Crippen molar-refractivity contribution in [2.45, 2.75) is 26.1 Å². The van der Waals surface area contributed by atoms with E-state index in [1.54, 1.807) is 13.1 Å². The number of benzene rings is 1. The normalized spacial score (nSPS) is 17.8. The summed E-state index contributed by atoms with van der Waals surface area (Å²) in [5.41, 5.74) is 4.59. The van der Waals surface area contributed by atoms with Crippen LogP contribution in [0.25, 0.3) is 0 Å². The summed E-state index contributed by atoms with van der Waals surface area (Å²) in [5.74, 6) is -1.04. The Balaban J connectivity index is 1.81. The van der Waals surface area contributed by atoms with Crippen LogP contribution in [-0.4, -0.2) is 31.1 Å². The van der Waals surface area contributed by atoms with Crippen LogP contribution in [0.1, 0.15) is 24.5 Å². The summed E-state index contributed by atoms with van der Waals surface area (Å²) >= 11 is 0. The molecule has 0 aliphatic carbocycles. The molecule has 5 heteroatoms. The van der Waals surface area contributed by atoms with Gasteiger partial charge in [0.25, 0.3) is 0 Å². The molecule has 1 aliphatic heterocycles. The number of carbonyl (C=O) groups excluding carboxylic acids is 1. The average Bonchev–Trinajstić information content (AvgIpc) is 2.78. The van der Waals surface area contributed by atoms with E-state index in [4.69, 9.17) is 9.47 Å². The van der Waals surface area contributed by atoms with Crippen molar-refractivity contribution >= 4 is 12.1 Å². The van der Waals surface area contributed by atoms with Gasteiger partial charge in [-0.1, -0.05) is 29.8 Å². The first-order valence-electron chi connectivity index (χ1n) is 6.24. The first-order valence-corrected chi connectivity index (χ1v) is 6.24. The van der Waals surface area contributed by atoms with E-state index in [1.807, 2.05) is 31.2 Å². The molecule has 0 spiro atoms. The number of nitrogens with zero attached hydrogens (tertiary/aromatic N) is 1. The van der Waals surface area contributed by atoms with E-state index in [-0.39, 0.29) is 12.3 Å². The van der Waals surface area contributed by atoms with Gasteiger partial charge in [0, 0.05) is 0 Å². The SMILES string of the molecule is Cc1ccc(/C=N/NC(=O)CC2(C)OCCO2)cc1. The molecule has 1 fully saturated rings. The van der Waals surface area contributed by atoms with E-state index in [0.29, 0.717) is 13.2 Å². The smallest absolute Gasteiger partial charge is 0.245 e. The number of hydrogen-bond acceptors (Lipinski definition) is 4. The van der Waals surface area contributed by atoms with Crippen LogP contribution >= 0.6 is 0 Å². The molecule has 1 aromatic rings. The number of hydrogen-bond donors (Lipinski definition) is 1. The molecular formula is C14H18N2O3. The van der Waals surface area contributed by atoms with Gasteiger partial charge in [-0.05, 0) is 19.4 Å². The first kappa shape index (κ1) is 13.7. The molecule has 1 heterocycles. The second kappa shape index (κ2) is 5.95. The van der Waals surface area contributed by atoms with Crippen molar-refractivity contribution in [3.8, 4) is 0 Å². The van der Waals surface area contributed by atoms with E-state index in [9.17, 15) is 4.79 Å². The predicted molar refractivity (Wildman–Crippen MR) is 71.8 cm³/mol. The van der Waals surface area contributed by atoms with E-state index in [0.717, 1.165) is 5.56 Å². The zero-order valence-electron chi connectivity index (χ0n) is 11.2. The van der Waals surface area contributed by atoms with Gasteiger partial charge in [-0.2, -0.15) is 5.10 Å². The standard InChI is InChI=1S/C14H18N2O3/c1-11-3-5-12(6-4-11)10-15-16-13(17)9-14(2)18-7-8-19-14/h3-6,10H,7-9H2,1-2H3,(H,16,17)/b15-10+. The van der Waals surface area contributed by atoms with Crippen LogP contribution in [-0.2, 0) is 14.3 Å². The third-order valence-electron chi connectivity index (χ3n) is 2.86. The van der Waals surface area contributed by atoms with E-state index in [2.05, 4.69) is 10.5 Å². The lowest BCUT2D eigenvalue weighted by atomic mass is 10.2. The fourth-order valence-corrected chi connectivity index (χ4v) is 1.82. The molecule has 1 saturated heterocycles. The molecule has 19 heavy (non-hydrogen) atoms. The summed E-state index contributed by atoms with van der Waals surface area (Å²) < 4.78 is 10.7. The Morgan fingerprint density at radius 1 is 1.37 bits per heavy atom. The molecule has 0 radical (unpaired) electrons. The number of nitrogens with one attached hydrogen (secondary N) is 1. The minimum atomic E-state index is -0.816. The summed E-state index contributed by atoms with van der Waals surface area (Å²) in [6, 6.07) is 7.86. The molecule has 0 bridgehead atoms. The molecule has 102 valence electrons. The molecular weight excluding hydrogens is 244 g/mol. The minimum absolute atomic E-state index is 0.137. The number of ether oxygens (including phenoxy) is 2. The summed E-state index contributed by atoms with van der Waals surface area (Å²) in [7, 11) is 0. The molecule has 0 atom stereocenters. The molecule has 1 aromatic carbocycles. The maximum Gasteiger partial charge on any atom is 0.245 e. The van der Waals surface area contributed by atoms with E-state index < -0.39 is 5.79 Å². The van der Waals surface area contributed by atoms with Gasteiger partial charge in [0.15, 0.2) is 5.79 Å². The van der Waals surface area contributed by atoms with Crippen molar-refractivity contribution in [1.82, 2.24) is 5.43 Å². The van der Waals surface area contributed by atoms with Gasteiger partial charge in [0.05, 0.1) is 25.8 Å². The van der Waals surface area contributed by atoms with Gasteiger partial charge in [-0.25, -0.2) is 5.43 Å². The van der Waals surface area contributed by atoms with Crippen molar-refractivity contribution in [1.29, 1.82) is 0 Å². The predicted octanol–water partition coefficient (Wildman–Crippen LogP) is 1.60. The van der Waals surface area contributed by atoms with Crippen LogP contribution in [0.3, 0.4) is 0 Å². The Labute approximate surface area is 112 Å². The van der Waals surface area contributed by atoms with Crippen LogP contribution in [0.5, 0.6) is 0 Å². The van der Waals surface area contributed by atoms with Crippen LogP contribution in [0.4, 0.5) is 0 Å². The Bertz CT molecular complexity index is 462. The van der Waals surface area contributed by atoms with Crippen molar-refractivity contribution in [3.05, 3.63) is 35.4 Å². The third-order valence-corrected chi connectivity index (χ3v) is 2.86. The quantitative estimate of drug-likeness (QED) is 0.662. The van der Waals surface area contributed by atoms with Crippen molar-refractivity contribution in [3.63, 3.8) is 0 Å². The van der Waals surface area contributed by atoms with E-state index >= 15 is 0 Å². The largest absolute Gasteiger partial charge is 0.347 e. The van der Waals surface area contributed by atoms with Gasteiger partial charge in [0.1, 0.15) is 0 Å². The van der Waals surface area contributed by atoms with Crippen molar-refractivity contribution in [2.24, 2.45) is 5.10 Å². The van der Waals surface area contributed by atoms with Crippen LogP contribution in [0.2, 0.25) is 0 Å². The Morgan fingerprint density at radius 3 is 2.63 bits per heavy atom. The van der Waals surface area contributed by atoms with Gasteiger partial charge in [-0.15, -0.1) is 0 Å². The first-order chi connectivity index (χ1) is 9.07. The molecule has 0 saturated carbocycles. The lowest BCUT2D eigenvalue weighted by molar-refractivity contribution is -0.159. The molecule has 1 aliphatic rings. The molecule has 1 amide bonds. The number of amides is 1. The summed E-state index contributed by atoms with van der Waals surface area (Å²) in [5, 5.41) is 3.91. The number of rotatable bonds is 4.